The highest BCUT2D eigenvalue weighted by Crippen LogP contribution is 2.14. The maximum atomic E-state index is 10.3. The highest BCUT2D eigenvalue weighted by Gasteiger charge is 2.11. The average molecular weight is 244 g/mol. The number of aliphatic carboxylic acids is 1. The van der Waals surface area contributed by atoms with Crippen molar-refractivity contribution >= 4 is 5.97 Å². The molecular formula is C14H28O3. The highest BCUT2D eigenvalue weighted by molar-refractivity contribution is 5.71. The van der Waals surface area contributed by atoms with Crippen molar-refractivity contribution in [2.75, 3.05) is 0 Å². The zero-order valence-electron chi connectivity index (χ0n) is 11.3. The Bertz CT molecular complexity index is 192. The molecule has 0 fully saturated rings. The summed E-state index contributed by atoms with van der Waals surface area (Å²) < 4.78 is 0. The molecule has 0 saturated carbocycles. The summed E-state index contributed by atoms with van der Waals surface area (Å²) >= 11 is 0. The molecule has 3 heteroatoms. The van der Waals surface area contributed by atoms with E-state index in [4.69, 9.17) is 10.2 Å². The van der Waals surface area contributed by atoms with E-state index in [2.05, 4.69) is 13.8 Å². The SMILES string of the molecule is CCC(C)CCCCCCCCC(O)C(=O)O. The van der Waals surface area contributed by atoms with Crippen molar-refractivity contribution < 1.29 is 15.0 Å². The number of carboxylic acid groups (broad SMARTS) is 1. The van der Waals surface area contributed by atoms with Gasteiger partial charge in [0, 0.05) is 0 Å². The highest BCUT2D eigenvalue weighted by atomic mass is 16.4. The van der Waals surface area contributed by atoms with E-state index in [1.807, 2.05) is 0 Å². The second kappa shape index (κ2) is 10.6. The van der Waals surface area contributed by atoms with Crippen LogP contribution in [0, 0.1) is 5.92 Å². The second-order valence-corrected chi connectivity index (χ2v) is 5.07. The van der Waals surface area contributed by atoms with Crippen molar-refractivity contribution in [3.8, 4) is 0 Å². The molecule has 0 spiro atoms. The van der Waals surface area contributed by atoms with E-state index in [0.29, 0.717) is 6.42 Å². The minimum absolute atomic E-state index is 0.391. The quantitative estimate of drug-likeness (QED) is 0.546. The molecule has 0 aliphatic carbocycles. The van der Waals surface area contributed by atoms with Gasteiger partial charge in [0.05, 0.1) is 0 Å². The van der Waals surface area contributed by atoms with Crippen molar-refractivity contribution in [1.82, 2.24) is 0 Å². The Labute approximate surface area is 105 Å². The Hall–Kier alpha value is -0.570. The van der Waals surface area contributed by atoms with E-state index in [1.165, 1.54) is 32.1 Å². The Balaban J connectivity index is 3.16. The van der Waals surface area contributed by atoms with Crippen LogP contribution in [0.1, 0.15) is 71.6 Å². The van der Waals surface area contributed by atoms with Gasteiger partial charge < -0.3 is 10.2 Å². The molecule has 0 saturated heterocycles. The van der Waals surface area contributed by atoms with Gasteiger partial charge >= 0.3 is 5.97 Å². The molecule has 0 aromatic carbocycles. The van der Waals surface area contributed by atoms with E-state index in [9.17, 15) is 4.79 Å². The summed E-state index contributed by atoms with van der Waals surface area (Å²) in [6, 6.07) is 0. The van der Waals surface area contributed by atoms with Gasteiger partial charge in [-0.1, -0.05) is 65.2 Å². The monoisotopic (exact) mass is 244 g/mol. The van der Waals surface area contributed by atoms with Crippen LogP contribution < -0.4 is 0 Å². The Morgan fingerprint density at radius 2 is 1.47 bits per heavy atom. The number of carbonyl (C=O) groups is 1. The lowest BCUT2D eigenvalue weighted by Gasteiger charge is -2.07. The second-order valence-electron chi connectivity index (χ2n) is 5.07. The molecule has 0 aromatic heterocycles. The van der Waals surface area contributed by atoms with Crippen molar-refractivity contribution in [3.05, 3.63) is 0 Å². The van der Waals surface area contributed by atoms with E-state index in [-0.39, 0.29) is 0 Å². The number of unbranched alkanes of at least 4 members (excludes halogenated alkanes) is 5. The molecule has 0 radical (unpaired) electrons. The summed E-state index contributed by atoms with van der Waals surface area (Å²) in [6.45, 7) is 4.53. The Kier molecular flexibility index (Phi) is 10.2. The van der Waals surface area contributed by atoms with Gasteiger partial charge in [-0.05, 0) is 12.3 Å². The third kappa shape index (κ3) is 10.3. The first-order chi connectivity index (χ1) is 8.07. The van der Waals surface area contributed by atoms with E-state index < -0.39 is 12.1 Å². The fourth-order valence-corrected chi connectivity index (χ4v) is 1.87. The third-order valence-corrected chi connectivity index (χ3v) is 3.41. The molecule has 2 atom stereocenters. The molecule has 2 N–H and O–H groups in total. The summed E-state index contributed by atoms with van der Waals surface area (Å²) in [5.74, 6) is -0.251. The molecule has 0 aliphatic rings. The minimum Gasteiger partial charge on any atom is -0.479 e. The molecule has 2 unspecified atom stereocenters. The first-order valence-corrected chi connectivity index (χ1v) is 6.98. The summed E-state index contributed by atoms with van der Waals surface area (Å²) in [5, 5.41) is 17.5. The Morgan fingerprint density at radius 1 is 1.00 bits per heavy atom. The number of hydrogen-bond acceptors (Lipinski definition) is 2. The van der Waals surface area contributed by atoms with Gasteiger partial charge in [-0.3, -0.25) is 0 Å². The van der Waals surface area contributed by atoms with Crippen LogP contribution in [-0.2, 0) is 4.79 Å². The minimum atomic E-state index is -1.17. The fraction of sp³-hybridized carbons (Fsp3) is 0.929. The van der Waals surface area contributed by atoms with Crippen LogP contribution in [-0.4, -0.2) is 22.3 Å². The molecule has 0 heterocycles. The van der Waals surface area contributed by atoms with Crippen LogP contribution in [0.3, 0.4) is 0 Å². The van der Waals surface area contributed by atoms with Crippen LogP contribution in [0.5, 0.6) is 0 Å². The fourth-order valence-electron chi connectivity index (χ4n) is 1.87. The maximum Gasteiger partial charge on any atom is 0.332 e. The van der Waals surface area contributed by atoms with Gasteiger partial charge in [0.15, 0.2) is 6.10 Å². The summed E-state index contributed by atoms with van der Waals surface area (Å²) in [5.41, 5.74) is 0. The van der Waals surface area contributed by atoms with Crippen LogP contribution in [0.25, 0.3) is 0 Å². The number of rotatable bonds is 11. The zero-order valence-corrected chi connectivity index (χ0v) is 11.3. The largest absolute Gasteiger partial charge is 0.479 e. The van der Waals surface area contributed by atoms with Crippen LogP contribution >= 0.6 is 0 Å². The molecule has 3 nitrogen and oxygen atoms in total. The molecule has 0 amide bonds. The van der Waals surface area contributed by atoms with Crippen LogP contribution in [0.2, 0.25) is 0 Å². The standard InChI is InChI=1S/C14H28O3/c1-3-12(2)10-8-6-4-5-7-9-11-13(15)14(16)17/h12-13,15H,3-11H2,1-2H3,(H,16,17). The van der Waals surface area contributed by atoms with Gasteiger partial charge in [0.25, 0.3) is 0 Å². The van der Waals surface area contributed by atoms with Crippen molar-refractivity contribution in [2.45, 2.75) is 77.7 Å². The van der Waals surface area contributed by atoms with E-state index >= 15 is 0 Å². The Morgan fingerprint density at radius 3 is 1.94 bits per heavy atom. The normalized spacial score (nSPS) is 14.5. The van der Waals surface area contributed by atoms with E-state index in [1.54, 1.807) is 0 Å². The van der Waals surface area contributed by atoms with Gasteiger partial charge in [-0.2, -0.15) is 0 Å². The number of aliphatic hydroxyl groups excluding tert-OH is 1. The van der Waals surface area contributed by atoms with Crippen molar-refractivity contribution in [2.24, 2.45) is 5.92 Å². The lowest BCUT2D eigenvalue weighted by molar-refractivity contribution is -0.146. The lowest BCUT2D eigenvalue weighted by Crippen LogP contribution is -2.18. The van der Waals surface area contributed by atoms with Crippen molar-refractivity contribution in [3.63, 3.8) is 0 Å². The van der Waals surface area contributed by atoms with Crippen LogP contribution in [0.15, 0.2) is 0 Å². The van der Waals surface area contributed by atoms with Gasteiger partial charge in [0.2, 0.25) is 0 Å². The lowest BCUT2D eigenvalue weighted by atomic mass is 9.99. The van der Waals surface area contributed by atoms with Crippen LogP contribution in [0.4, 0.5) is 0 Å². The topological polar surface area (TPSA) is 57.5 Å². The molecule has 0 bridgehead atoms. The van der Waals surface area contributed by atoms with Gasteiger partial charge in [0.1, 0.15) is 0 Å². The number of aliphatic hydroxyl groups is 1. The summed E-state index contributed by atoms with van der Waals surface area (Å²) in [6.07, 6.45) is 8.67. The first kappa shape index (κ1) is 16.4. The molecular weight excluding hydrogens is 216 g/mol. The molecule has 0 rings (SSSR count). The maximum absolute atomic E-state index is 10.3. The van der Waals surface area contributed by atoms with Gasteiger partial charge in [-0.25, -0.2) is 4.79 Å². The number of hydrogen-bond donors (Lipinski definition) is 2. The molecule has 17 heavy (non-hydrogen) atoms. The predicted octanol–water partition coefficient (Wildman–Crippen LogP) is 3.60. The average Bonchev–Trinajstić information content (AvgIpc) is 2.31. The predicted molar refractivity (Wildman–Crippen MR) is 70.0 cm³/mol. The van der Waals surface area contributed by atoms with E-state index in [0.717, 1.165) is 25.2 Å². The summed E-state index contributed by atoms with van der Waals surface area (Å²) in [4.78, 5) is 10.3. The number of carboxylic acids is 1. The van der Waals surface area contributed by atoms with Gasteiger partial charge in [-0.15, -0.1) is 0 Å². The molecule has 102 valence electrons. The zero-order chi connectivity index (χ0) is 13.1. The smallest absolute Gasteiger partial charge is 0.332 e. The molecule has 0 aromatic rings. The van der Waals surface area contributed by atoms with Crippen molar-refractivity contribution in [1.29, 1.82) is 0 Å². The molecule has 0 aliphatic heterocycles. The summed E-state index contributed by atoms with van der Waals surface area (Å²) in [7, 11) is 0. The third-order valence-electron chi connectivity index (χ3n) is 3.41. The first-order valence-electron chi connectivity index (χ1n) is 6.98.